The van der Waals surface area contributed by atoms with E-state index in [2.05, 4.69) is 101 Å². The first kappa shape index (κ1) is 30.8. The summed E-state index contributed by atoms with van der Waals surface area (Å²) in [6, 6.07) is 3.58. The van der Waals surface area contributed by atoms with Gasteiger partial charge in [0.2, 0.25) is 5.69 Å². The highest BCUT2D eigenvalue weighted by molar-refractivity contribution is 5.89. The second-order valence-corrected chi connectivity index (χ2v) is 13.7. The summed E-state index contributed by atoms with van der Waals surface area (Å²) < 4.78 is 5.50. The maximum Gasteiger partial charge on any atom is 0.363 e. The Labute approximate surface area is 246 Å². The van der Waals surface area contributed by atoms with E-state index < -0.39 is 0 Å². The third kappa shape index (κ3) is 5.27. The van der Waals surface area contributed by atoms with E-state index in [1.807, 2.05) is 0 Å². The van der Waals surface area contributed by atoms with E-state index in [0.29, 0.717) is 12.1 Å². The summed E-state index contributed by atoms with van der Waals surface area (Å²) in [5.41, 5.74) is 9.19. The maximum absolute atomic E-state index is 4.76. The minimum Gasteiger partial charge on any atom is -0.375 e. The first-order valence-electron chi connectivity index (χ1n) is 16.5. The largest absolute Gasteiger partial charge is 0.375 e. The van der Waals surface area contributed by atoms with Gasteiger partial charge >= 0.3 is 5.66 Å². The molecule has 0 spiro atoms. The van der Waals surface area contributed by atoms with Crippen molar-refractivity contribution in [1.29, 1.82) is 0 Å². The molecule has 2 fully saturated rings. The molecule has 4 rings (SSSR count). The van der Waals surface area contributed by atoms with Crippen LogP contribution in [0.25, 0.3) is 5.57 Å². The Bertz CT molecular complexity index is 1180. The summed E-state index contributed by atoms with van der Waals surface area (Å²) in [6.45, 7) is 23.9. The Morgan fingerprint density at radius 2 is 1.62 bits per heavy atom. The number of hydrogen-bond donors (Lipinski definition) is 0. The Hall–Kier alpha value is -2.16. The molecule has 2 heterocycles. The van der Waals surface area contributed by atoms with Crippen molar-refractivity contribution in [2.24, 2.45) is 5.41 Å². The highest BCUT2D eigenvalue weighted by Crippen LogP contribution is 2.51. The highest BCUT2D eigenvalue weighted by atomic mass is 15.3. The zero-order valence-corrected chi connectivity index (χ0v) is 27.5. The summed E-state index contributed by atoms with van der Waals surface area (Å²) in [7, 11) is 2.33. The van der Waals surface area contributed by atoms with E-state index in [9.17, 15) is 0 Å². The third-order valence-electron chi connectivity index (χ3n) is 11.1. The molecule has 0 bridgehead atoms. The van der Waals surface area contributed by atoms with Gasteiger partial charge in [0.05, 0.1) is 6.92 Å². The van der Waals surface area contributed by atoms with Crippen molar-refractivity contribution in [3.8, 4) is 0 Å². The molecule has 0 radical (unpaired) electrons. The number of aromatic nitrogens is 1. The van der Waals surface area contributed by atoms with Crippen LogP contribution in [0.4, 0.5) is 0 Å². The van der Waals surface area contributed by atoms with Gasteiger partial charge < -0.3 is 4.90 Å². The quantitative estimate of drug-likeness (QED) is 0.246. The monoisotopic (exact) mass is 545 g/mol. The molecule has 0 N–H and O–H groups in total. The van der Waals surface area contributed by atoms with Crippen LogP contribution in [0.15, 0.2) is 42.3 Å². The number of rotatable bonds is 7. The van der Waals surface area contributed by atoms with Crippen LogP contribution in [0.1, 0.15) is 136 Å². The van der Waals surface area contributed by atoms with Crippen LogP contribution in [0.2, 0.25) is 0 Å². The molecule has 2 saturated carbocycles. The van der Waals surface area contributed by atoms with Gasteiger partial charge in [0.25, 0.3) is 0 Å². The molecule has 1 aliphatic heterocycles. The minimum atomic E-state index is -0.270. The van der Waals surface area contributed by atoms with Crippen LogP contribution in [-0.4, -0.2) is 34.3 Å². The Morgan fingerprint density at radius 1 is 1.02 bits per heavy atom. The summed E-state index contributed by atoms with van der Waals surface area (Å²) in [5, 5.41) is 0. The molecular formula is C37H59N3+2. The molecule has 3 aliphatic rings. The van der Waals surface area contributed by atoms with E-state index in [1.165, 1.54) is 104 Å². The van der Waals surface area contributed by atoms with E-state index >= 15 is 0 Å². The predicted molar refractivity (Wildman–Crippen MR) is 172 cm³/mol. The van der Waals surface area contributed by atoms with Crippen molar-refractivity contribution in [1.82, 2.24) is 4.90 Å². The molecule has 0 amide bonds. The number of fused-ring (bicyclic) bond motifs is 1. The second kappa shape index (κ2) is 12.4. The lowest BCUT2D eigenvalue weighted by atomic mass is 9.65. The van der Waals surface area contributed by atoms with Crippen molar-refractivity contribution in [3.05, 3.63) is 59.1 Å². The molecule has 1 atom stereocenters. The van der Waals surface area contributed by atoms with Gasteiger partial charge in [-0.15, -0.1) is 4.57 Å². The molecule has 3 heteroatoms. The number of hydrogen-bond acceptors (Lipinski definition) is 1. The first-order valence-corrected chi connectivity index (χ1v) is 16.5. The van der Waals surface area contributed by atoms with Crippen LogP contribution in [0, 0.1) is 12.3 Å². The lowest BCUT2D eigenvalue weighted by Crippen LogP contribution is -2.74. The predicted octanol–water partition coefficient (Wildman–Crippen LogP) is 8.88. The zero-order chi connectivity index (χ0) is 29.2. The van der Waals surface area contributed by atoms with Gasteiger partial charge in [0.1, 0.15) is 5.41 Å². The minimum absolute atomic E-state index is 0.131. The molecule has 2 aliphatic carbocycles. The van der Waals surface area contributed by atoms with Gasteiger partial charge in [-0.2, -0.15) is 4.58 Å². The number of pyridine rings is 1. The number of allylic oxidation sites excluding steroid dienone is 4. The van der Waals surface area contributed by atoms with Gasteiger partial charge in [-0.1, -0.05) is 52.2 Å². The molecule has 0 unspecified atom stereocenters. The van der Waals surface area contributed by atoms with Gasteiger partial charge in [0, 0.05) is 61.8 Å². The van der Waals surface area contributed by atoms with Crippen LogP contribution in [0.3, 0.4) is 0 Å². The summed E-state index contributed by atoms with van der Waals surface area (Å²) in [5.74, 6) is 0. The van der Waals surface area contributed by atoms with E-state index in [-0.39, 0.29) is 11.1 Å². The van der Waals surface area contributed by atoms with Gasteiger partial charge in [-0.3, -0.25) is 0 Å². The molecule has 1 aromatic rings. The van der Waals surface area contributed by atoms with E-state index in [1.54, 1.807) is 0 Å². The van der Waals surface area contributed by atoms with E-state index in [4.69, 9.17) is 6.58 Å². The Morgan fingerprint density at radius 3 is 2.20 bits per heavy atom. The first-order chi connectivity index (χ1) is 19.0. The van der Waals surface area contributed by atoms with Crippen molar-refractivity contribution >= 4 is 11.3 Å². The average Bonchev–Trinajstić information content (AvgIpc) is 2.95. The van der Waals surface area contributed by atoms with Crippen molar-refractivity contribution < 1.29 is 9.14 Å². The second-order valence-electron chi connectivity index (χ2n) is 13.7. The smallest absolute Gasteiger partial charge is 0.363 e. The summed E-state index contributed by atoms with van der Waals surface area (Å²) in [6.07, 6.45) is 22.8. The van der Waals surface area contributed by atoms with Crippen LogP contribution >= 0.6 is 0 Å². The van der Waals surface area contributed by atoms with Gasteiger partial charge in [-0.25, -0.2) is 0 Å². The molecule has 0 saturated heterocycles. The van der Waals surface area contributed by atoms with Crippen LogP contribution in [0.5, 0.6) is 0 Å². The maximum atomic E-state index is 4.76. The third-order valence-corrected chi connectivity index (χ3v) is 11.1. The number of nitrogens with zero attached hydrogens (tertiary/aromatic N) is 3. The standard InChI is InChI=1S/C37H59N3/c1-11-19-34-30(6)35-29(5)31(12-2)24-25-39(35)37(9,36(34,7)8)40(33-22-17-14-18-23-33)28(4)26-27(3)38(10)32-20-15-13-16-21-32/h19,24-26,32-33H,6,11-18,20-23H2,1-5,7-10H3/q+2/b34-19+/t37-/m1/s1. The molecule has 220 valence electrons. The fourth-order valence-electron chi connectivity index (χ4n) is 8.43. The zero-order valence-electron chi connectivity index (χ0n) is 27.5. The molecule has 0 aromatic carbocycles. The van der Waals surface area contributed by atoms with Crippen LogP contribution in [-0.2, 0) is 12.1 Å². The van der Waals surface area contributed by atoms with E-state index in [0.717, 1.165) is 12.8 Å². The van der Waals surface area contributed by atoms with Crippen molar-refractivity contribution in [3.63, 3.8) is 0 Å². The molecule has 40 heavy (non-hydrogen) atoms. The fourth-order valence-corrected chi connectivity index (χ4v) is 8.43. The Balaban J connectivity index is 1.99. The fraction of sp³-hybridized carbons (Fsp3) is 0.676. The average molecular weight is 546 g/mol. The van der Waals surface area contributed by atoms with Crippen LogP contribution < -0.4 is 4.57 Å². The summed E-state index contributed by atoms with van der Waals surface area (Å²) >= 11 is 0. The Kier molecular flexibility index (Phi) is 9.53. The number of aryl methyl sites for hydroxylation is 1. The highest BCUT2D eigenvalue weighted by Gasteiger charge is 2.66. The molecule has 3 nitrogen and oxygen atoms in total. The van der Waals surface area contributed by atoms with Gasteiger partial charge in [-0.05, 0) is 77.4 Å². The normalized spacial score (nSPS) is 26.1. The van der Waals surface area contributed by atoms with Gasteiger partial charge in [0.15, 0.2) is 18.0 Å². The van der Waals surface area contributed by atoms with Crippen molar-refractivity contribution in [2.75, 3.05) is 7.05 Å². The lowest BCUT2D eigenvalue weighted by Gasteiger charge is -2.45. The molecular weight excluding hydrogens is 486 g/mol. The topological polar surface area (TPSA) is 10.1 Å². The lowest BCUT2D eigenvalue weighted by molar-refractivity contribution is -0.954. The molecule has 1 aromatic heterocycles. The summed E-state index contributed by atoms with van der Waals surface area (Å²) in [4.78, 5) is 2.58. The van der Waals surface area contributed by atoms with Crippen molar-refractivity contribution in [2.45, 2.75) is 150 Å². The SMILES string of the molecule is C=C1/C(=C\CC)C(C)(C)[C@@](C)(/[N+](=C(C)\C=C(\C)N(C)C2CCCCC2)C2CCCCC2)[n+]2ccc(CC)c(C)c21.